The van der Waals surface area contributed by atoms with Gasteiger partial charge in [-0.25, -0.2) is 24.2 Å². The average Bonchev–Trinajstić information content (AvgIpc) is 2.95. The molecule has 19 heavy (non-hydrogen) atoms. The van der Waals surface area contributed by atoms with Crippen LogP contribution in [0.4, 0.5) is 5.82 Å². The Morgan fingerprint density at radius 3 is 3.00 bits per heavy atom. The van der Waals surface area contributed by atoms with Crippen LogP contribution in [-0.4, -0.2) is 35.0 Å². The van der Waals surface area contributed by atoms with Crippen molar-refractivity contribution < 1.29 is 8.42 Å². The highest BCUT2D eigenvalue weighted by Gasteiger charge is 2.29. The monoisotopic (exact) mass is 299 g/mol. The average molecular weight is 299 g/mol. The fraction of sp³-hybridized carbons (Fsp3) is 0.400. The normalized spacial score (nSPS) is 19.0. The fourth-order valence-corrected chi connectivity index (χ4v) is 4.36. The highest BCUT2D eigenvalue weighted by molar-refractivity contribution is 7.89. The number of aromatic nitrogens is 2. The number of nitrogens with zero attached hydrogens (tertiary/aromatic N) is 3. The quantitative estimate of drug-likeness (QED) is 0.632. The lowest BCUT2D eigenvalue weighted by molar-refractivity contribution is 0.430. The van der Waals surface area contributed by atoms with Gasteiger partial charge in [-0.05, 0) is 17.9 Å². The Labute approximate surface area is 114 Å². The lowest BCUT2D eigenvalue weighted by atomic mass is 10.3. The Bertz CT molecular complexity index is 712. The molecule has 0 radical (unpaired) electrons. The number of sulfonamides is 1. The molecule has 2 aromatic heterocycles. The summed E-state index contributed by atoms with van der Waals surface area (Å²) in [6.45, 7) is 0.727. The molecule has 3 heterocycles. The lowest BCUT2D eigenvalue weighted by Gasteiger charge is -2.13. The Morgan fingerprint density at radius 2 is 2.32 bits per heavy atom. The fourth-order valence-electron chi connectivity index (χ4n) is 2.11. The number of anilines is 1. The van der Waals surface area contributed by atoms with E-state index in [4.69, 9.17) is 5.84 Å². The van der Waals surface area contributed by atoms with Crippen molar-refractivity contribution in [2.24, 2.45) is 5.84 Å². The van der Waals surface area contributed by atoms with Gasteiger partial charge in [0.15, 0.2) is 5.82 Å². The Kier molecular flexibility index (Phi) is 3.13. The van der Waals surface area contributed by atoms with Gasteiger partial charge in [0.1, 0.15) is 10.7 Å². The van der Waals surface area contributed by atoms with Crippen LogP contribution in [-0.2, 0) is 16.6 Å². The van der Waals surface area contributed by atoms with Crippen LogP contribution in [0.3, 0.4) is 0 Å². The summed E-state index contributed by atoms with van der Waals surface area (Å²) in [6, 6.07) is 1.88. The minimum atomic E-state index is -3.14. The maximum absolute atomic E-state index is 11.8. The number of nitrogen functional groups attached to an aromatic ring is 1. The molecule has 0 unspecified atom stereocenters. The predicted molar refractivity (Wildman–Crippen MR) is 74.0 cm³/mol. The number of hydrazine groups is 1. The van der Waals surface area contributed by atoms with E-state index in [-0.39, 0.29) is 12.3 Å². The Morgan fingerprint density at radius 1 is 1.47 bits per heavy atom. The first-order chi connectivity index (χ1) is 9.10. The molecule has 9 heteroatoms. The molecule has 1 aliphatic rings. The molecule has 1 fully saturated rings. The van der Waals surface area contributed by atoms with E-state index in [0.29, 0.717) is 24.6 Å². The number of hydrogen-bond acceptors (Lipinski definition) is 7. The third kappa shape index (κ3) is 2.29. The van der Waals surface area contributed by atoms with Gasteiger partial charge >= 0.3 is 0 Å². The number of nitrogens with two attached hydrogens (primary N) is 1. The van der Waals surface area contributed by atoms with Crippen molar-refractivity contribution in [3.8, 4) is 0 Å². The second kappa shape index (κ2) is 4.67. The molecule has 3 rings (SSSR count). The topological polar surface area (TPSA) is 101 Å². The summed E-state index contributed by atoms with van der Waals surface area (Å²) in [5, 5.41) is 2.75. The third-order valence-corrected chi connectivity index (χ3v) is 5.74. The first-order valence-electron chi connectivity index (χ1n) is 5.79. The molecular weight excluding hydrogens is 286 g/mol. The van der Waals surface area contributed by atoms with Crippen LogP contribution in [0.5, 0.6) is 0 Å². The van der Waals surface area contributed by atoms with E-state index in [1.807, 2.05) is 11.4 Å². The van der Waals surface area contributed by atoms with Crippen molar-refractivity contribution >= 4 is 37.4 Å². The van der Waals surface area contributed by atoms with Crippen LogP contribution >= 0.6 is 11.3 Å². The first-order valence-corrected chi connectivity index (χ1v) is 8.27. The Hall–Kier alpha value is -1.29. The van der Waals surface area contributed by atoms with Gasteiger partial charge in [0, 0.05) is 6.54 Å². The summed E-state index contributed by atoms with van der Waals surface area (Å²) in [5.74, 6) is 6.63. The number of fused-ring (bicyclic) bond motifs is 1. The minimum Gasteiger partial charge on any atom is -0.308 e. The molecule has 1 aliphatic heterocycles. The molecule has 0 saturated carbocycles. The van der Waals surface area contributed by atoms with Gasteiger partial charge in [0.05, 0.1) is 17.7 Å². The summed E-state index contributed by atoms with van der Waals surface area (Å²) in [7, 11) is -3.14. The highest BCUT2D eigenvalue weighted by Crippen LogP contribution is 2.25. The summed E-state index contributed by atoms with van der Waals surface area (Å²) in [6.07, 6.45) is 0.658. The molecule has 0 aliphatic carbocycles. The second-order valence-corrected chi connectivity index (χ2v) is 7.26. The van der Waals surface area contributed by atoms with Crippen molar-refractivity contribution in [3.63, 3.8) is 0 Å². The summed E-state index contributed by atoms with van der Waals surface area (Å²) in [4.78, 5) is 9.45. The first kappa shape index (κ1) is 12.7. The summed E-state index contributed by atoms with van der Waals surface area (Å²) in [5.41, 5.74) is 2.53. The van der Waals surface area contributed by atoms with Gasteiger partial charge in [-0.15, -0.1) is 11.3 Å². The van der Waals surface area contributed by atoms with Crippen molar-refractivity contribution in [1.29, 1.82) is 0 Å². The van der Waals surface area contributed by atoms with Gasteiger partial charge in [0.25, 0.3) is 0 Å². The van der Waals surface area contributed by atoms with E-state index in [9.17, 15) is 8.42 Å². The molecule has 0 amide bonds. The van der Waals surface area contributed by atoms with Gasteiger partial charge < -0.3 is 5.43 Å². The van der Waals surface area contributed by atoms with E-state index in [1.54, 1.807) is 0 Å². The molecule has 0 atom stereocenters. The SMILES string of the molecule is NNc1nc(CN2CCCS2(=O)=O)nc2sccc12. The van der Waals surface area contributed by atoms with Gasteiger partial charge in [-0.3, -0.25) is 0 Å². The minimum absolute atomic E-state index is 0.199. The van der Waals surface area contributed by atoms with Crippen LogP contribution in [0.2, 0.25) is 0 Å². The molecule has 0 spiro atoms. The number of rotatable bonds is 3. The zero-order valence-electron chi connectivity index (χ0n) is 10.0. The van der Waals surface area contributed by atoms with E-state index < -0.39 is 10.0 Å². The summed E-state index contributed by atoms with van der Waals surface area (Å²) >= 11 is 1.47. The Balaban J connectivity index is 1.97. The molecule has 0 aromatic carbocycles. The number of hydrogen-bond donors (Lipinski definition) is 2. The van der Waals surface area contributed by atoms with E-state index in [2.05, 4.69) is 15.4 Å². The zero-order chi connectivity index (χ0) is 13.5. The van der Waals surface area contributed by atoms with Gasteiger partial charge in [-0.1, -0.05) is 0 Å². The van der Waals surface area contributed by atoms with E-state index in [0.717, 1.165) is 10.2 Å². The van der Waals surface area contributed by atoms with E-state index >= 15 is 0 Å². The third-order valence-electron chi connectivity index (χ3n) is 3.03. The van der Waals surface area contributed by atoms with Crippen LogP contribution < -0.4 is 11.3 Å². The maximum Gasteiger partial charge on any atom is 0.214 e. The maximum atomic E-state index is 11.8. The second-order valence-electron chi connectivity index (χ2n) is 4.28. The van der Waals surface area contributed by atoms with Crippen LogP contribution in [0.15, 0.2) is 11.4 Å². The number of thiophene rings is 1. The highest BCUT2D eigenvalue weighted by atomic mass is 32.2. The van der Waals surface area contributed by atoms with Crippen molar-refractivity contribution in [1.82, 2.24) is 14.3 Å². The lowest BCUT2D eigenvalue weighted by Crippen LogP contribution is -2.26. The standard InChI is InChI=1S/C10H13N5O2S2/c11-14-9-7-2-4-18-10(7)13-8(12-9)6-15-3-1-5-19(15,16)17/h2,4H,1,3,5-6,11H2,(H,12,13,14). The van der Waals surface area contributed by atoms with Gasteiger partial charge in [-0.2, -0.15) is 4.31 Å². The summed E-state index contributed by atoms with van der Waals surface area (Å²) < 4.78 is 25.0. The molecule has 3 N–H and O–H groups in total. The van der Waals surface area contributed by atoms with Crippen LogP contribution in [0.25, 0.3) is 10.2 Å². The number of nitrogens with one attached hydrogen (secondary N) is 1. The van der Waals surface area contributed by atoms with Crippen molar-refractivity contribution in [2.75, 3.05) is 17.7 Å². The van der Waals surface area contributed by atoms with E-state index in [1.165, 1.54) is 15.6 Å². The van der Waals surface area contributed by atoms with Gasteiger partial charge in [0.2, 0.25) is 10.0 Å². The molecular formula is C10H13N5O2S2. The molecule has 0 bridgehead atoms. The molecule has 1 saturated heterocycles. The molecule has 2 aromatic rings. The van der Waals surface area contributed by atoms with Crippen molar-refractivity contribution in [2.45, 2.75) is 13.0 Å². The molecule has 7 nitrogen and oxygen atoms in total. The molecule has 102 valence electrons. The predicted octanol–water partition coefficient (Wildman–Crippen LogP) is 0.512. The van der Waals surface area contributed by atoms with Crippen LogP contribution in [0.1, 0.15) is 12.2 Å². The van der Waals surface area contributed by atoms with Crippen LogP contribution in [0, 0.1) is 0 Å². The smallest absolute Gasteiger partial charge is 0.214 e. The zero-order valence-corrected chi connectivity index (χ0v) is 11.7. The van der Waals surface area contributed by atoms with Crippen molar-refractivity contribution in [3.05, 3.63) is 17.3 Å². The largest absolute Gasteiger partial charge is 0.308 e.